The van der Waals surface area contributed by atoms with Crippen LogP contribution in [0.4, 0.5) is 5.82 Å². The van der Waals surface area contributed by atoms with Gasteiger partial charge < -0.3 is 10.4 Å². The fourth-order valence-corrected chi connectivity index (χ4v) is 6.12. The molecule has 172 valence electrons. The summed E-state index contributed by atoms with van der Waals surface area (Å²) >= 11 is 1.47. The molecular weight excluding hydrogens is 448 g/mol. The number of aliphatic carboxylic acids is 1. The average molecular weight is 473 g/mol. The lowest BCUT2D eigenvalue weighted by atomic mass is 10.0. The highest BCUT2D eigenvalue weighted by molar-refractivity contribution is 7.99. The lowest BCUT2D eigenvalue weighted by Crippen LogP contribution is -2.29. The Bertz CT molecular complexity index is 1490. The molecule has 4 heterocycles. The molecule has 1 atom stereocenters. The zero-order chi connectivity index (χ0) is 23.4. The first kappa shape index (κ1) is 21.0. The number of hydrogen-bond donors (Lipinski definition) is 2. The van der Waals surface area contributed by atoms with E-state index in [0.717, 1.165) is 57.3 Å². The average Bonchev–Trinajstić information content (AvgIpc) is 3.45. The lowest BCUT2D eigenvalue weighted by molar-refractivity contribution is -0.140. The van der Waals surface area contributed by atoms with E-state index in [2.05, 4.69) is 17.4 Å². The van der Waals surface area contributed by atoms with Crippen LogP contribution in [0.1, 0.15) is 41.5 Å². The Kier molecular flexibility index (Phi) is 4.99. The Morgan fingerprint density at radius 2 is 2.00 bits per heavy atom. The van der Waals surface area contributed by atoms with Crippen LogP contribution >= 0.6 is 11.8 Å². The van der Waals surface area contributed by atoms with Crippen LogP contribution in [0.25, 0.3) is 16.9 Å². The summed E-state index contributed by atoms with van der Waals surface area (Å²) < 4.78 is 3.50. The van der Waals surface area contributed by atoms with Crippen molar-refractivity contribution in [1.82, 2.24) is 14.0 Å². The molecule has 34 heavy (non-hydrogen) atoms. The predicted molar refractivity (Wildman–Crippen MR) is 133 cm³/mol. The molecule has 1 unspecified atom stereocenters. The summed E-state index contributed by atoms with van der Waals surface area (Å²) in [7, 11) is 0. The van der Waals surface area contributed by atoms with E-state index in [9.17, 15) is 14.7 Å². The van der Waals surface area contributed by atoms with Crippen LogP contribution in [-0.2, 0) is 11.3 Å². The molecular formula is C26H24N4O3S. The minimum Gasteiger partial charge on any atom is -0.480 e. The Labute approximate surface area is 200 Å². The maximum Gasteiger partial charge on any atom is 0.327 e. The van der Waals surface area contributed by atoms with Gasteiger partial charge in [0, 0.05) is 30.1 Å². The van der Waals surface area contributed by atoms with Gasteiger partial charge in [0.1, 0.15) is 23.2 Å². The first-order valence-corrected chi connectivity index (χ1v) is 12.4. The maximum absolute atomic E-state index is 13.2. The van der Waals surface area contributed by atoms with Crippen molar-refractivity contribution in [1.29, 1.82) is 0 Å². The third kappa shape index (κ3) is 3.49. The SMILES string of the molecule is Cc1ccn2c(NCc3ccccc3)c(-c3cc(=O)n4c(c3C3CC3)SCC4C(=O)O)nc2c1. The van der Waals surface area contributed by atoms with Gasteiger partial charge in [-0.25, -0.2) is 9.78 Å². The topological polar surface area (TPSA) is 88.6 Å². The molecule has 0 radical (unpaired) electrons. The summed E-state index contributed by atoms with van der Waals surface area (Å²) in [5.74, 6) is 0.571. The van der Waals surface area contributed by atoms with Gasteiger partial charge in [-0.1, -0.05) is 30.3 Å². The van der Waals surface area contributed by atoms with Gasteiger partial charge in [0.05, 0.1) is 5.03 Å². The van der Waals surface area contributed by atoms with Crippen molar-refractivity contribution >= 4 is 29.2 Å². The van der Waals surface area contributed by atoms with E-state index in [4.69, 9.17) is 4.98 Å². The van der Waals surface area contributed by atoms with Crippen LogP contribution < -0.4 is 10.9 Å². The molecule has 3 aromatic heterocycles. The van der Waals surface area contributed by atoms with Crippen molar-refractivity contribution in [3.8, 4) is 11.3 Å². The number of aryl methyl sites for hydroxylation is 1. The second-order valence-corrected chi connectivity index (χ2v) is 10.0. The van der Waals surface area contributed by atoms with E-state index in [1.807, 2.05) is 47.9 Å². The third-order valence-corrected chi connectivity index (χ3v) is 7.72. The number of carboxylic acid groups (broad SMARTS) is 1. The highest BCUT2D eigenvalue weighted by atomic mass is 32.2. The van der Waals surface area contributed by atoms with Crippen LogP contribution in [0.2, 0.25) is 0 Å². The van der Waals surface area contributed by atoms with E-state index >= 15 is 0 Å². The number of carbonyl (C=O) groups is 1. The number of nitrogens with zero attached hydrogens (tertiary/aromatic N) is 3. The molecule has 1 aliphatic carbocycles. The van der Waals surface area contributed by atoms with Crippen molar-refractivity contribution in [3.63, 3.8) is 0 Å². The summed E-state index contributed by atoms with van der Waals surface area (Å²) in [5, 5.41) is 14.0. The van der Waals surface area contributed by atoms with Gasteiger partial charge in [-0.3, -0.25) is 13.8 Å². The van der Waals surface area contributed by atoms with E-state index in [1.165, 1.54) is 16.3 Å². The van der Waals surface area contributed by atoms with Crippen LogP contribution in [-0.4, -0.2) is 30.8 Å². The van der Waals surface area contributed by atoms with Crippen molar-refractivity contribution < 1.29 is 9.90 Å². The molecule has 0 amide bonds. The third-order valence-electron chi connectivity index (χ3n) is 6.54. The molecule has 0 saturated heterocycles. The van der Waals surface area contributed by atoms with Gasteiger partial charge in [-0.15, -0.1) is 11.8 Å². The number of anilines is 1. The van der Waals surface area contributed by atoms with Gasteiger partial charge in [0.25, 0.3) is 5.56 Å². The summed E-state index contributed by atoms with van der Waals surface area (Å²) in [6.07, 6.45) is 4.08. The molecule has 7 nitrogen and oxygen atoms in total. The van der Waals surface area contributed by atoms with Gasteiger partial charge in [0.2, 0.25) is 0 Å². The van der Waals surface area contributed by atoms with Crippen molar-refractivity contribution in [2.24, 2.45) is 0 Å². The Morgan fingerprint density at radius 3 is 2.74 bits per heavy atom. The summed E-state index contributed by atoms with van der Waals surface area (Å²) in [5.41, 5.74) is 5.40. The smallest absolute Gasteiger partial charge is 0.327 e. The molecule has 0 spiro atoms. The van der Waals surface area contributed by atoms with E-state index in [-0.39, 0.29) is 5.56 Å². The first-order valence-electron chi connectivity index (χ1n) is 11.4. The molecule has 0 bridgehead atoms. The van der Waals surface area contributed by atoms with Gasteiger partial charge >= 0.3 is 5.97 Å². The van der Waals surface area contributed by atoms with Gasteiger partial charge in [-0.05, 0) is 54.5 Å². The van der Waals surface area contributed by atoms with Crippen LogP contribution in [0, 0.1) is 6.92 Å². The molecule has 1 saturated carbocycles. The molecule has 1 aromatic carbocycles. The molecule has 4 aromatic rings. The number of thioether (sulfide) groups is 1. The predicted octanol–water partition coefficient (Wildman–Crippen LogP) is 4.69. The molecule has 2 aliphatic rings. The standard InChI is InChI=1S/C26H24N4O3S/c1-15-9-10-29-20(11-15)28-23(24(29)27-13-16-5-3-2-4-6-16)18-12-21(31)30-19(26(32)33)14-34-25(30)22(18)17-7-8-17/h2-6,9-12,17,19,27H,7-8,13-14H2,1H3,(H,32,33). The number of carboxylic acids is 1. The highest BCUT2D eigenvalue weighted by Gasteiger charge is 2.38. The molecule has 2 N–H and O–H groups in total. The van der Waals surface area contributed by atoms with E-state index < -0.39 is 12.0 Å². The molecule has 8 heteroatoms. The highest BCUT2D eigenvalue weighted by Crippen LogP contribution is 2.51. The fourth-order valence-electron chi connectivity index (χ4n) is 4.72. The van der Waals surface area contributed by atoms with Gasteiger partial charge in [0.15, 0.2) is 0 Å². The van der Waals surface area contributed by atoms with Crippen molar-refractivity contribution in [3.05, 3.63) is 81.8 Å². The number of nitrogens with one attached hydrogen (secondary N) is 1. The second kappa shape index (κ2) is 8.06. The van der Waals surface area contributed by atoms with Crippen molar-refractivity contribution in [2.75, 3.05) is 11.1 Å². The summed E-state index contributed by atoms with van der Waals surface area (Å²) in [6, 6.07) is 15.0. The Balaban J connectivity index is 1.55. The number of hydrogen-bond acceptors (Lipinski definition) is 5. The zero-order valence-corrected chi connectivity index (χ0v) is 19.5. The minimum atomic E-state index is -0.962. The van der Waals surface area contributed by atoms with Crippen LogP contribution in [0.3, 0.4) is 0 Å². The lowest BCUT2D eigenvalue weighted by Gasteiger charge is -2.16. The molecule has 6 rings (SSSR count). The van der Waals surface area contributed by atoms with Crippen molar-refractivity contribution in [2.45, 2.75) is 43.3 Å². The second-order valence-electron chi connectivity index (χ2n) is 9.00. The molecule has 1 aliphatic heterocycles. The quantitative estimate of drug-likeness (QED) is 0.423. The number of aromatic nitrogens is 3. The Hall–Kier alpha value is -3.52. The van der Waals surface area contributed by atoms with Crippen LogP contribution in [0.15, 0.2) is 64.5 Å². The van der Waals surface area contributed by atoms with E-state index in [1.54, 1.807) is 6.07 Å². The number of fused-ring (bicyclic) bond motifs is 2. The zero-order valence-electron chi connectivity index (χ0n) is 18.7. The number of pyridine rings is 2. The largest absolute Gasteiger partial charge is 0.480 e. The number of imidazole rings is 1. The number of benzene rings is 1. The molecule has 1 fully saturated rings. The van der Waals surface area contributed by atoms with Crippen LogP contribution in [0.5, 0.6) is 0 Å². The Morgan fingerprint density at radius 1 is 1.21 bits per heavy atom. The summed E-state index contributed by atoms with van der Waals surface area (Å²) in [6.45, 7) is 2.65. The van der Waals surface area contributed by atoms with E-state index in [0.29, 0.717) is 18.2 Å². The minimum absolute atomic E-state index is 0.283. The monoisotopic (exact) mass is 472 g/mol. The maximum atomic E-state index is 13.2. The first-order chi connectivity index (χ1) is 16.5. The summed E-state index contributed by atoms with van der Waals surface area (Å²) in [4.78, 5) is 30.0. The normalized spacial score (nSPS) is 17.1. The fraction of sp³-hybridized carbons (Fsp3) is 0.269. The van der Waals surface area contributed by atoms with Gasteiger partial charge in [-0.2, -0.15) is 0 Å². The number of rotatable bonds is 6.